The molecule has 3 heterocycles. The van der Waals surface area contributed by atoms with E-state index in [1.54, 1.807) is 41.6 Å². The number of nitrogens with zero attached hydrogens (tertiary/aromatic N) is 3. The van der Waals surface area contributed by atoms with Crippen LogP contribution in [0.3, 0.4) is 0 Å². The minimum atomic E-state index is -3.66. The number of rotatable bonds is 2. The van der Waals surface area contributed by atoms with Crippen molar-refractivity contribution in [2.24, 2.45) is 0 Å². The number of sulfonamides is 1. The van der Waals surface area contributed by atoms with E-state index in [0.717, 1.165) is 5.56 Å². The Morgan fingerprint density at radius 2 is 2.00 bits per heavy atom. The van der Waals surface area contributed by atoms with Gasteiger partial charge >= 0.3 is 0 Å². The summed E-state index contributed by atoms with van der Waals surface area (Å²) in [6.45, 7) is 0.706. The van der Waals surface area contributed by atoms with Crippen LogP contribution in [0, 0.1) is 0 Å². The molecule has 1 atom stereocenters. The van der Waals surface area contributed by atoms with Crippen LogP contribution in [0.25, 0.3) is 0 Å². The fourth-order valence-corrected chi connectivity index (χ4v) is 5.28. The number of hydrogen-bond donors (Lipinski definition) is 0. The molecule has 6 nitrogen and oxygen atoms in total. The van der Waals surface area contributed by atoms with E-state index in [0.29, 0.717) is 31.6 Å². The molecule has 1 amide bonds. The molecule has 4 rings (SSSR count). The monoisotopic (exact) mass is 343 g/mol. The maximum Gasteiger partial charge on any atom is 0.245 e. The molecule has 1 aromatic carbocycles. The van der Waals surface area contributed by atoms with Crippen LogP contribution in [0.5, 0.6) is 0 Å². The first-order chi connectivity index (χ1) is 11.6. The third-order valence-corrected chi connectivity index (χ3v) is 6.52. The Morgan fingerprint density at radius 3 is 2.79 bits per heavy atom. The van der Waals surface area contributed by atoms with Crippen molar-refractivity contribution in [1.82, 2.24) is 9.29 Å². The molecule has 0 spiro atoms. The zero-order valence-corrected chi connectivity index (χ0v) is 13.8. The highest BCUT2D eigenvalue weighted by atomic mass is 32.2. The lowest BCUT2D eigenvalue weighted by Crippen LogP contribution is -2.44. The zero-order chi connectivity index (χ0) is 16.7. The Kier molecular flexibility index (Phi) is 3.62. The van der Waals surface area contributed by atoms with Gasteiger partial charge in [0.05, 0.1) is 12.2 Å². The second-order valence-electron chi connectivity index (χ2n) is 6.03. The molecule has 1 aromatic heterocycles. The van der Waals surface area contributed by atoms with E-state index in [4.69, 9.17) is 0 Å². The molecule has 0 N–H and O–H groups in total. The van der Waals surface area contributed by atoms with Gasteiger partial charge in [0.2, 0.25) is 15.9 Å². The van der Waals surface area contributed by atoms with Crippen LogP contribution in [0.4, 0.5) is 5.69 Å². The number of pyridine rings is 1. The van der Waals surface area contributed by atoms with E-state index >= 15 is 0 Å². The van der Waals surface area contributed by atoms with Crippen molar-refractivity contribution in [2.45, 2.75) is 30.3 Å². The number of fused-ring (bicyclic) bond motifs is 2. The molecule has 2 aliphatic heterocycles. The Hall–Kier alpha value is -2.25. The summed E-state index contributed by atoms with van der Waals surface area (Å²) in [4.78, 5) is 18.9. The van der Waals surface area contributed by atoms with Crippen molar-refractivity contribution >= 4 is 21.6 Å². The van der Waals surface area contributed by atoms with Gasteiger partial charge < -0.3 is 4.90 Å². The van der Waals surface area contributed by atoms with Crippen LogP contribution in [-0.2, 0) is 21.4 Å². The molecular formula is C17H17N3O3S. The van der Waals surface area contributed by atoms with E-state index in [9.17, 15) is 13.2 Å². The van der Waals surface area contributed by atoms with Gasteiger partial charge in [-0.1, -0.05) is 18.2 Å². The van der Waals surface area contributed by atoms with Crippen LogP contribution in [0.15, 0.2) is 53.7 Å². The fraction of sp³-hybridized carbons (Fsp3) is 0.294. The average Bonchev–Trinajstić information content (AvgIpc) is 3.08. The molecule has 7 heteroatoms. The molecule has 0 saturated carbocycles. The standard InChI is InChI=1S/C17H17N3O3S/c21-17-15-7-4-10-20(15)24(22,23)16-8-2-1-6-14(16)19(17)12-13-5-3-9-18-11-13/h1-3,5-6,8-9,11,15H,4,7,10,12H2/t15-/m0/s1. The highest BCUT2D eigenvalue weighted by molar-refractivity contribution is 7.89. The van der Waals surface area contributed by atoms with Crippen LogP contribution in [0.1, 0.15) is 18.4 Å². The molecule has 2 aromatic rings. The Morgan fingerprint density at radius 1 is 1.17 bits per heavy atom. The molecule has 1 fully saturated rings. The number of carbonyl (C=O) groups excluding carboxylic acids is 1. The minimum Gasteiger partial charge on any atom is -0.305 e. The number of amides is 1. The first-order valence-electron chi connectivity index (χ1n) is 7.90. The Bertz CT molecular complexity index is 883. The van der Waals surface area contributed by atoms with Gasteiger partial charge in [0.1, 0.15) is 10.9 Å². The number of anilines is 1. The number of carbonyl (C=O) groups is 1. The molecule has 24 heavy (non-hydrogen) atoms. The van der Waals surface area contributed by atoms with Crippen molar-refractivity contribution < 1.29 is 13.2 Å². The van der Waals surface area contributed by atoms with Gasteiger partial charge in [-0.2, -0.15) is 4.31 Å². The van der Waals surface area contributed by atoms with Gasteiger partial charge in [-0.15, -0.1) is 0 Å². The number of para-hydroxylation sites is 1. The van der Waals surface area contributed by atoms with Crippen LogP contribution < -0.4 is 4.90 Å². The smallest absolute Gasteiger partial charge is 0.245 e. The minimum absolute atomic E-state index is 0.162. The summed E-state index contributed by atoms with van der Waals surface area (Å²) in [5, 5.41) is 0. The third-order valence-electron chi connectivity index (χ3n) is 4.56. The second-order valence-corrected chi connectivity index (χ2v) is 7.89. The molecule has 0 radical (unpaired) electrons. The summed E-state index contributed by atoms with van der Waals surface area (Å²) >= 11 is 0. The van der Waals surface area contributed by atoms with E-state index in [1.165, 1.54) is 4.31 Å². The second kappa shape index (κ2) is 5.68. The van der Waals surface area contributed by atoms with Crippen molar-refractivity contribution in [3.8, 4) is 0 Å². The number of hydrogen-bond acceptors (Lipinski definition) is 4. The molecule has 2 aliphatic rings. The first kappa shape index (κ1) is 15.3. The van der Waals surface area contributed by atoms with E-state index in [2.05, 4.69) is 4.98 Å². The van der Waals surface area contributed by atoms with Crippen molar-refractivity contribution in [1.29, 1.82) is 0 Å². The average molecular weight is 343 g/mol. The van der Waals surface area contributed by atoms with Gasteiger partial charge in [-0.05, 0) is 36.6 Å². The van der Waals surface area contributed by atoms with Crippen LogP contribution in [0.2, 0.25) is 0 Å². The summed E-state index contributed by atoms with van der Waals surface area (Å²) in [6, 6.07) is 9.81. The molecule has 0 aliphatic carbocycles. The number of aromatic nitrogens is 1. The Labute approximate surface area is 140 Å². The SMILES string of the molecule is O=C1[C@@H]2CCCN2S(=O)(=O)c2ccccc2N1Cc1cccnc1. The summed E-state index contributed by atoms with van der Waals surface area (Å²) in [7, 11) is -3.66. The molecule has 1 saturated heterocycles. The first-order valence-corrected chi connectivity index (χ1v) is 9.34. The fourth-order valence-electron chi connectivity index (χ4n) is 3.44. The maximum absolute atomic E-state index is 13.1. The van der Waals surface area contributed by atoms with Crippen molar-refractivity contribution in [3.05, 3.63) is 54.4 Å². The lowest BCUT2D eigenvalue weighted by Gasteiger charge is -2.25. The highest BCUT2D eigenvalue weighted by Crippen LogP contribution is 2.37. The summed E-state index contributed by atoms with van der Waals surface area (Å²) in [5.41, 5.74) is 1.31. The van der Waals surface area contributed by atoms with Gasteiger partial charge in [-0.3, -0.25) is 9.78 Å². The summed E-state index contributed by atoms with van der Waals surface area (Å²) in [5.74, 6) is -0.162. The van der Waals surface area contributed by atoms with Crippen LogP contribution >= 0.6 is 0 Å². The lowest BCUT2D eigenvalue weighted by molar-refractivity contribution is -0.121. The van der Waals surface area contributed by atoms with Gasteiger partial charge in [0.15, 0.2) is 0 Å². The quantitative estimate of drug-likeness (QED) is 0.833. The number of benzene rings is 1. The molecule has 124 valence electrons. The van der Waals surface area contributed by atoms with E-state index in [1.807, 2.05) is 12.1 Å². The van der Waals surface area contributed by atoms with E-state index in [-0.39, 0.29) is 10.8 Å². The predicted octanol–water partition coefficient (Wildman–Crippen LogP) is 1.78. The van der Waals surface area contributed by atoms with Crippen LogP contribution in [-0.4, -0.2) is 36.2 Å². The Balaban J connectivity index is 1.87. The maximum atomic E-state index is 13.1. The highest BCUT2D eigenvalue weighted by Gasteiger charge is 2.45. The zero-order valence-electron chi connectivity index (χ0n) is 13.0. The normalized spacial score (nSPS) is 22.8. The molecule has 0 unspecified atom stereocenters. The largest absolute Gasteiger partial charge is 0.305 e. The van der Waals surface area contributed by atoms with Crippen molar-refractivity contribution in [3.63, 3.8) is 0 Å². The van der Waals surface area contributed by atoms with E-state index < -0.39 is 16.1 Å². The van der Waals surface area contributed by atoms with Crippen molar-refractivity contribution in [2.75, 3.05) is 11.4 Å². The van der Waals surface area contributed by atoms with Gasteiger partial charge in [0, 0.05) is 18.9 Å². The predicted molar refractivity (Wildman–Crippen MR) is 88.8 cm³/mol. The summed E-state index contributed by atoms with van der Waals surface area (Å²) in [6.07, 6.45) is 4.64. The van der Waals surface area contributed by atoms with Gasteiger partial charge in [0.25, 0.3) is 0 Å². The topological polar surface area (TPSA) is 70.6 Å². The third kappa shape index (κ3) is 2.32. The summed E-state index contributed by atoms with van der Waals surface area (Å²) < 4.78 is 27.3. The van der Waals surface area contributed by atoms with Gasteiger partial charge in [-0.25, -0.2) is 8.42 Å². The lowest BCUT2D eigenvalue weighted by atomic mass is 10.1. The molecular weight excluding hydrogens is 326 g/mol. The molecule has 0 bridgehead atoms.